The van der Waals surface area contributed by atoms with E-state index in [1.807, 2.05) is 0 Å². The zero-order chi connectivity index (χ0) is 17.8. The fraction of sp³-hybridized carbons (Fsp3) is 0.0588. The van der Waals surface area contributed by atoms with E-state index in [1.54, 1.807) is 24.3 Å². The van der Waals surface area contributed by atoms with Crippen LogP contribution in [0.4, 0.5) is 18.9 Å². The molecule has 0 radical (unpaired) electrons. The minimum atomic E-state index is -4.58. The summed E-state index contributed by atoms with van der Waals surface area (Å²) in [7, 11) is 0. The van der Waals surface area contributed by atoms with Crippen LogP contribution in [0.1, 0.15) is 5.56 Å². The second-order valence-electron chi connectivity index (χ2n) is 5.56. The topological polar surface area (TPSA) is 81.2 Å². The van der Waals surface area contributed by atoms with Gasteiger partial charge in [0, 0.05) is 16.3 Å². The second kappa shape index (κ2) is 5.10. The van der Waals surface area contributed by atoms with Gasteiger partial charge in [0.25, 0.3) is 0 Å². The molecule has 2 aromatic carbocycles. The van der Waals surface area contributed by atoms with Gasteiger partial charge in [-0.2, -0.15) is 13.2 Å². The smallest absolute Gasteiger partial charge is 0.418 e. The van der Waals surface area contributed by atoms with Gasteiger partial charge in [-0.15, -0.1) is 4.91 Å². The zero-order valence-electron chi connectivity index (χ0n) is 12.5. The Morgan fingerprint density at radius 2 is 1.68 bits per heavy atom. The molecule has 4 rings (SSSR count). The molecule has 0 amide bonds. The molecule has 0 aliphatic heterocycles. The maximum Gasteiger partial charge on any atom is 0.418 e. The first-order chi connectivity index (χ1) is 11.9. The highest BCUT2D eigenvalue weighted by molar-refractivity contribution is 6.07. The number of para-hydroxylation sites is 2. The van der Waals surface area contributed by atoms with E-state index < -0.39 is 17.6 Å². The quantitative estimate of drug-likeness (QED) is 0.423. The minimum Gasteiger partial charge on any atom is -0.494 e. The lowest BCUT2D eigenvalue weighted by Crippen LogP contribution is -2.05. The lowest BCUT2D eigenvalue weighted by Gasteiger charge is -2.07. The van der Waals surface area contributed by atoms with E-state index in [9.17, 15) is 23.2 Å². The van der Waals surface area contributed by atoms with Gasteiger partial charge in [-0.05, 0) is 17.3 Å². The van der Waals surface area contributed by atoms with Crippen molar-refractivity contribution >= 4 is 27.5 Å². The van der Waals surface area contributed by atoms with Crippen LogP contribution in [0.25, 0.3) is 33.1 Å². The summed E-state index contributed by atoms with van der Waals surface area (Å²) in [5, 5.41) is 13.9. The number of rotatable bonds is 2. The SMILES string of the molecule is O=Nc1c(-c2c(O)[nH]c3c(C(F)(F)F)cccc23)[nH]c2ccccc12. The third-order valence-electron chi connectivity index (χ3n) is 4.14. The van der Waals surface area contributed by atoms with E-state index in [0.29, 0.717) is 10.9 Å². The van der Waals surface area contributed by atoms with Crippen molar-refractivity contribution in [3.05, 3.63) is 52.9 Å². The van der Waals surface area contributed by atoms with E-state index in [1.165, 1.54) is 12.1 Å². The molecule has 0 spiro atoms. The number of nitrogens with zero attached hydrogens (tertiary/aromatic N) is 1. The monoisotopic (exact) mass is 345 g/mol. The number of fused-ring (bicyclic) bond motifs is 2. The van der Waals surface area contributed by atoms with Crippen molar-refractivity contribution in [3.8, 4) is 17.1 Å². The molecule has 0 fully saturated rings. The molecule has 126 valence electrons. The molecule has 0 saturated heterocycles. The minimum absolute atomic E-state index is 0.0317. The number of aromatic hydroxyl groups is 1. The van der Waals surface area contributed by atoms with Crippen molar-refractivity contribution in [3.63, 3.8) is 0 Å². The van der Waals surface area contributed by atoms with Gasteiger partial charge in [0.05, 0.1) is 22.3 Å². The van der Waals surface area contributed by atoms with E-state index >= 15 is 0 Å². The molecule has 2 heterocycles. The predicted octanol–water partition coefficient (Wildman–Crippen LogP) is 5.44. The van der Waals surface area contributed by atoms with Crippen LogP contribution in [-0.4, -0.2) is 15.1 Å². The largest absolute Gasteiger partial charge is 0.494 e. The van der Waals surface area contributed by atoms with Crippen LogP contribution in [0.5, 0.6) is 5.88 Å². The third kappa shape index (κ3) is 2.18. The predicted molar refractivity (Wildman–Crippen MR) is 87.7 cm³/mol. The Morgan fingerprint density at radius 1 is 0.960 bits per heavy atom. The summed E-state index contributed by atoms with van der Waals surface area (Å²) < 4.78 is 39.6. The van der Waals surface area contributed by atoms with Crippen LogP contribution in [-0.2, 0) is 6.18 Å². The van der Waals surface area contributed by atoms with Crippen molar-refractivity contribution in [1.82, 2.24) is 9.97 Å². The van der Waals surface area contributed by atoms with Crippen LogP contribution in [0, 0.1) is 4.91 Å². The molecule has 25 heavy (non-hydrogen) atoms. The van der Waals surface area contributed by atoms with Gasteiger partial charge in [0.15, 0.2) is 5.88 Å². The van der Waals surface area contributed by atoms with Gasteiger partial charge < -0.3 is 15.1 Å². The Kier molecular flexibility index (Phi) is 3.11. The first-order valence-electron chi connectivity index (χ1n) is 7.27. The van der Waals surface area contributed by atoms with E-state index in [-0.39, 0.29) is 27.8 Å². The average molecular weight is 345 g/mol. The number of alkyl halides is 3. The van der Waals surface area contributed by atoms with Gasteiger partial charge in [-0.3, -0.25) is 0 Å². The van der Waals surface area contributed by atoms with Crippen LogP contribution in [0.2, 0.25) is 0 Å². The lowest BCUT2D eigenvalue weighted by atomic mass is 10.1. The molecule has 0 unspecified atom stereocenters. The Bertz CT molecular complexity index is 1130. The first kappa shape index (κ1) is 15.3. The molecule has 0 aliphatic rings. The Morgan fingerprint density at radius 3 is 2.40 bits per heavy atom. The highest BCUT2D eigenvalue weighted by atomic mass is 19.4. The fourth-order valence-electron chi connectivity index (χ4n) is 3.10. The number of hydrogen-bond acceptors (Lipinski definition) is 3. The van der Waals surface area contributed by atoms with Crippen LogP contribution in [0.3, 0.4) is 0 Å². The molecule has 0 atom stereocenters. The number of H-pyrrole nitrogens is 2. The van der Waals surface area contributed by atoms with Gasteiger partial charge in [-0.25, -0.2) is 0 Å². The number of halogens is 3. The van der Waals surface area contributed by atoms with E-state index in [0.717, 1.165) is 6.07 Å². The summed E-state index contributed by atoms with van der Waals surface area (Å²) in [5.74, 6) is -0.469. The number of aromatic nitrogens is 2. The van der Waals surface area contributed by atoms with Gasteiger partial charge in [0.2, 0.25) is 0 Å². The number of benzene rings is 2. The van der Waals surface area contributed by atoms with Crippen LogP contribution >= 0.6 is 0 Å². The summed E-state index contributed by atoms with van der Waals surface area (Å²) in [6, 6.07) is 10.4. The van der Waals surface area contributed by atoms with Crippen molar-refractivity contribution in [1.29, 1.82) is 0 Å². The summed E-state index contributed by atoms with van der Waals surface area (Å²) in [6.45, 7) is 0. The maximum absolute atomic E-state index is 13.2. The van der Waals surface area contributed by atoms with Gasteiger partial charge in [0.1, 0.15) is 5.69 Å². The molecular weight excluding hydrogens is 335 g/mol. The van der Waals surface area contributed by atoms with Gasteiger partial charge >= 0.3 is 6.18 Å². The molecule has 3 N–H and O–H groups in total. The Hall–Kier alpha value is -3.29. The molecule has 0 saturated carbocycles. The molecular formula is C17H10F3N3O2. The van der Waals surface area contributed by atoms with Gasteiger partial charge in [-0.1, -0.05) is 30.3 Å². The number of nitroso groups, excluding NO2 is 1. The Balaban J connectivity index is 2.09. The molecule has 8 heteroatoms. The maximum atomic E-state index is 13.2. The molecule has 4 aromatic rings. The number of nitrogens with one attached hydrogen (secondary N) is 2. The van der Waals surface area contributed by atoms with E-state index in [2.05, 4.69) is 15.1 Å². The highest BCUT2D eigenvalue weighted by Gasteiger charge is 2.34. The molecule has 0 aliphatic carbocycles. The number of aromatic amines is 2. The van der Waals surface area contributed by atoms with Crippen molar-refractivity contribution in [2.45, 2.75) is 6.18 Å². The standard InChI is InChI=1S/C17H10F3N3O2/c18-17(19,20)10-6-3-5-9-12(16(24)22-13(9)10)15-14(23-25)8-4-1-2-7-11(8)21-15/h1-7,21-22,24H. The molecule has 2 aromatic heterocycles. The average Bonchev–Trinajstić information content (AvgIpc) is 3.09. The summed E-state index contributed by atoms with van der Waals surface area (Å²) in [4.78, 5) is 16.7. The van der Waals surface area contributed by atoms with Crippen molar-refractivity contribution < 1.29 is 18.3 Å². The third-order valence-corrected chi connectivity index (χ3v) is 4.14. The first-order valence-corrected chi connectivity index (χ1v) is 7.27. The van der Waals surface area contributed by atoms with E-state index in [4.69, 9.17) is 0 Å². The molecule has 5 nitrogen and oxygen atoms in total. The summed E-state index contributed by atoms with van der Waals surface area (Å²) >= 11 is 0. The highest BCUT2D eigenvalue weighted by Crippen LogP contribution is 2.46. The summed E-state index contributed by atoms with van der Waals surface area (Å²) in [6.07, 6.45) is -4.58. The number of hydrogen-bond donors (Lipinski definition) is 3. The lowest BCUT2D eigenvalue weighted by molar-refractivity contribution is -0.136. The van der Waals surface area contributed by atoms with Crippen LogP contribution < -0.4 is 0 Å². The fourth-order valence-corrected chi connectivity index (χ4v) is 3.10. The Labute approximate surface area is 138 Å². The van der Waals surface area contributed by atoms with Crippen LogP contribution in [0.15, 0.2) is 47.6 Å². The zero-order valence-corrected chi connectivity index (χ0v) is 12.5. The van der Waals surface area contributed by atoms with Crippen molar-refractivity contribution in [2.75, 3.05) is 0 Å². The summed E-state index contributed by atoms with van der Waals surface area (Å²) in [5.41, 5.74) is -0.288. The van der Waals surface area contributed by atoms with Crippen molar-refractivity contribution in [2.24, 2.45) is 5.18 Å². The normalized spacial score (nSPS) is 12.1. The second-order valence-corrected chi connectivity index (χ2v) is 5.56. The molecule has 0 bridgehead atoms.